The van der Waals surface area contributed by atoms with Gasteiger partial charge in [-0.25, -0.2) is 5.43 Å². The summed E-state index contributed by atoms with van der Waals surface area (Å²) in [7, 11) is 4.53. The average Bonchev–Trinajstić information content (AvgIpc) is 2.65. The zero-order valence-electron chi connectivity index (χ0n) is 16.0. The number of hydrazone groups is 1. The zero-order chi connectivity index (χ0) is 19.3. The Hall–Kier alpha value is -2.76. The van der Waals surface area contributed by atoms with Crippen molar-refractivity contribution in [3.05, 3.63) is 41.5 Å². The quantitative estimate of drug-likeness (QED) is 0.621. The molecule has 1 aliphatic rings. The van der Waals surface area contributed by atoms with Crippen molar-refractivity contribution < 1.29 is 19.0 Å². The summed E-state index contributed by atoms with van der Waals surface area (Å²) in [5.74, 6) is 1.28. The Kier molecular flexibility index (Phi) is 6.44. The maximum absolute atomic E-state index is 12.5. The first kappa shape index (κ1) is 19.6. The molecular weight excluding hydrogens is 332 g/mol. The number of carbonyl (C=O) groups is 1. The minimum absolute atomic E-state index is 0.345. The van der Waals surface area contributed by atoms with Gasteiger partial charge in [0.15, 0.2) is 11.5 Å². The van der Waals surface area contributed by atoms with Crippen LogP contribution in [0.25, 0.3) is 0 Å². The number of carbonyl (C=O) groups excluding carboxylic acids is 1. The Morgan fingerprint density at radius 1 is 1.19 bits per heavy atom. The van der Waals surface area contributed by atoms with E-state index >= 15 is 0 Å². The van der Waals surface area contributed by atoms with E-state index in [1.807, 2.05) is 13.8 Å². The maximum atomic E-state index is 12.5. The Morgan fingerprint density at radius 3 is 2.31 bits per heavy atom. The highest BCUT2D eigenvalue weighted by molar-refractivity contribution is 6.02. The number of rotatable bonds is 6. The summed E-state index contributed by atoms with van der Waals surface area (Å²) in [6.45, 7) is 8.04. The third-order valence-corrected chi connectivity index (χ3v) is 4.52. The van der Waals surface area contributed by atoms with Crippen LogP contribution in [0.2, 0.25) is 0 Å². The second kappa shape index (κ2) is 8.56. The third kappa shape index (κ3) is 4.25. The van der Waals surface area contributed by atoms with Crippen LogP contribution in [0, 0.1) is 5.92 Å². The highest BCUT2D eigenvalue weighted by Crippen LogP contribution is 2.38. The van der Waals surface area contributed by atoms with Gasteiger partial charge in [0.05, 0.1) is 27.0 Å². The van der Waals surface area contributed by atoms with Gasteiger partial charge < -0.3 is 14.2 Å². The summed E-state index contributed by atoms with van der Waals surface area (Å²) in [4.78, 5) is 12.5. The number of amides is 1. The van der Waals surface area contributed by atoms with Crippen molar-refractivity contribution in [1.82, 2.24) is 5.43 Å². The Labute approximate surface area is 154 Å². The number of ether oxygens (including phenoxy) is 3. The molecule has 0 fully saturated rings. The number of nitrogens with one attached hydrogen (secondary N) is 1. The number of nitrogens with zero attached hydrogens (tertiary/aromatic N) is 1. The van der Waals surface area contributed by atoms with E-state index in [9.17, 15) is 4.79 Å². The summed E-state index contributed by atoms with van der Waals surface area (Å²) >= 11 is 0. The van der Waals surface area contributed by atoms with Crippen molar-refractivity contribution in [2.75, 3.05) is 21.3 Å². The van der Waals surface area contributed by atoms with Gasteiger partial charge in [-0.15, -0.1) is 0 Å². The second-order valence-electron chi connectivity index (χ2n) is 6.28. The molecule has 1 aromatic carbocycles. The molecule has 0 aromatic heterocycles. The molecule has 0 radical (unpaired) electrons. The molecule has 0 bridgehead atoms. The van der Waals surface area contributed by atoms with Gasteiger partial charge in [-0.3, -0.25) is 4.79 Å². The molecule has 26 heavy (non-hydrogen) atoms. The van der Waals surface area contributed by atoms with Crippen LogP contribution < -0.4 is 19.6 Å². The van der Waals surface area contributed by atoms with Crippen LogP contribution in [-0.4, -0.2) is 32.9 Å². The number of methoxy groups -OCH3 is 3. The number of hydrogen-bond donors (Lipinski definition) is 1. The normalized spacial score (nSPS) is 18.1. The molecule has 0 saturated heterocycles. The van der Waals surface area contributed by atoms with Crippen molar-refractivity contribution in [3.8, 4) is 17.2 Å². The van der Waals surface area contributed by atoms with Crippen molar-refractivity contribution in [2.45, 2.75) is 26.7 Å². The van der Waals surface area contributed by atoms with Gasteiger partial charge in [-0.2, -0.15) is 5.10 Å². The predicted octanol–water partition coefficient (Wildman–Crippen LogP) is 3.73. The van der Waals surface area contributed by atoms with Crippen molar-refractivity contribution in [3.63, 3.8) is 0 Å². The van der Waals surface area contributed by atoms with Crippen LogP contribution in [0.3, 0.4) is 0 Å². The van der Waals surface area contributed by atoms with Gasteiger partial charge in [0, 0.05) is 5.56 Å². The van der Waals surface area contributed by atoms with E-state index in [0.717, 1.165) is 29.7 Å². The number of benzene rings is 1. The first-order valence-corrected chi connectivity index (χ1v) is 8.40. The summed E-state index contributed by atoms with van der Waals surface area (Å²) in [6.07, 6.45) is 3.86. The summed E-state index contributed by atoms with van der Waals surface area (Å²) in [5.41, 5.74) is 6.06. The molecule has 6 heteroatoms. The van der Waals surface area contributed by atoms with Crippen LogP contribution in [0.4, 0.5) is 0 Å². The summed E-state index contributed by atoms with van der Waals surface area (Å²) < 4.78 is 15.8. The minimum atomic E-state index is -0.345. The molecular formula is C20H26N2O4. The van der Waals surface area contributed by atoms with Gasteiger partial charge in [0.25, 0.3) is 5.91 Å². The largest absolute Gasteiger partial charge is 0.493 e. The first-order chi connectivity index (χ1) is 12.4. The molecule has 1 aromatic rings. The topological polar surface area (TPSA) is 69.2 Å². The van der Waals surface area contributed by atoms with Crippen LogP contribution >= 0.6 is 0 Å². The smallest absolute Gasteiger partial charge is 0.271 e. The molecule has 0 heterocycles. The Morgan fingerprint density at radius 2 is 1.81 bits per heavy atom. The molecule has 0 spiro atoms. The molecule has 6 nitrogen and oxygen atoms in total. The number of hydrogen-bond acceptors (Lipinski definition) is 5. The van der Waals surface area contributed by atoms with E-state index in [-0.39, 0.29) is 5.91 Å². The molecule has 1 aliphatic carbocycles. The molecule has 2 rings (SSSR count). The van der Waals surface area contributed by atoms with Gasteiger partial charge in [0.2, 0.25) is 5.75 Å². The standard InChI is InChI=1S/C20H26N2O4/c1-12(2)14-8-7-13(3)16(9-14)21-22-20(23)15-10-17(24-4)19(26-6)18(11-15)25-5/h7,10-11,14H,1,8-9H2,2-6H3,(H,22,23)/b21-16-. The maximum Gasteiger partial charge on any atom is 0.271 e. The lowest BCUT2D eigenvalue weighted by Gasteiger charge is -2.22. The summed E-state index contributed by atoms with van der Waals surface area (Å²) in [5, 5.41) is 4.32. The van der Waals surface area contributed by atoms with Crippen molar-refractivity contribution in [1.29, 1.82) is 0 Å². The first-order valence-electron chi connectivity index (χ1n) is 8.40. The minimum Gasteiger partial charge on any atom is -0.493 e. The molecule has 1 amide bonds. The van der Waals surface area contributed by atoms with E-state index in [4.69, 9.17) is 14.2 Å². The van der Waals surface area contributed by atoms with E-state index in [2.05, 4.69) is 23.2 Å². The van der Waals surface area contributed by atoms with Gasteiger partial charge in [-0.05, 0) is 50.3 Å². The highest BCUT2D eigenvalue weighted by atomic mass is 16.5. The predicted molar refractivity (Wildman–Crippen MR) is 102 cm³/mol. The monoisotopic (exact) mass is 358 g/mol. The number of allylic oxidation sites excluding steroid dienone is 3. The van der Waals surface area contributed by atoms with E-state index in [1.54, 1.807) is 12.1 Å². The zero-order valence-corrected chi connectivity index (χ0v) is 16.0. The lowest BCUT2D eigenvalue weighted by molar-refractivity contribution is 0.0954. The fraction of sp³-hybridized carbons (Fsp3) is 0.400. The van der Waals surface area contributed by atoms with E-state index in [0.29, 0.717) is 28.7 Å². The molecule has 1 atom stereocenters. The van der Waals surface area contributed by atoms with Gasteiger partial charge in [0.1, 0.15) is 0 Å². The fourth-order valence-electron chi connectivity index (χ4n) is 2.82. The second-order valence-corrected chi connectivity index (χ2v) is 6.28. The van der Waals surface area contributed by atoms with E-state index < -0.39 is 0 Å². The van der Waals surface area contributed by atoms with Crippen molar-refractivity contribution in [2.24, 2.45) is 11.0 Å². The summed E-state index contributed by atoms with van der Waals surface area (Å²) in [6, 6.07) is 3.19. The molecule has 140 valence electrons. The third-order valence-electron chi connectivity index (χ3n) is 4.52. The van der Waals surface area contributed by atoms with Crippen molar-refractivity contribution >= 4 is 11.6 Å². The highest BCUT2D eigenvalue weighted by Gasteiger charge is 2.20. The van der Waals surface area contributed by atoms with Crippen LogP contribution in [0.15, 0.2) is 41.0 Å². The molecule has 0 saturated carbocycles. The molecule has 0 aliphatic heterocycles. The van der Waals surface area contributed by atoms with Crippen LogP contribution in [0.1, 0.15) is 37.0 Å². The lowest BCUT2D eigenvalue weighted by atomic mass is 9.85. The fourth-order valence-corrected chi connectivity index (χ4v) is 2.82. The Balaban J connectivity index is 2.23. The van der Waals surface area contributed by atoms with Gasteiger partial charge >= 0.3 is 0 Å². The van der Waals surface area contributed by atoms with Gasteiger partial charge in [-0.1, -0.05) is 18.2 Å². The Bertz CT molecular complexity index is 740. The average molecular weight is 358 g/mol. The molecule has 1 unspecified atom stereocenters. The van der Waals surface area contributed by atoms with E-state index in [1.165, 1.54) is 21.3 Å². The van der Waals surface area contributed by atoms with Crippen LogP contribution in [-0.2, 0) is 0 Å². The SMILES string of the molecule is C=C(C)C1CC=C(C)/C(=N\NC(=O)c2cc(OC)c(OC)c(OC)c2)C1. The molecule has 1 N–H and O–H groups in total. The van der Waals surface area contributed by atoms with Crippen LogP contribution in [0.5, 0.6) is 17.2 Å². The lowest BCUT2D eigenvalue weighted by Crippen LogP contribution is -2.23.